The number of nitrogens with two attached hydrogens (primary N) is 1. The summed E-state index contributed by atoms with van der Waals surface area (Å²) in [5.41, 5.74) is 8.57. The van der Waals surface area contributed by atoms with E-state index in [4.69, 9.17) is 5.73 Å². The van der Waals surface area contributed by atoms with Crippen molar-refractivity contribution in [1.82, 2.24) is 4.90 Å². The van der Waals surface area contributed by atoms with Gasteiger partial charge in [-0.3, -0.25) is 9.59 Å². The van der Waals surface area contributed by atoms with Gasteiger partial charge in [0.15, 0.2) is 0 Å². The van der Waals surface area contributed by atoms with Crippen molar-refractivity contribution in [2.75, 3.05) is 18.4 Å². The van der Waals surface area contributed by atoms with E-state index in [2.05, 4.69) is 5.32 Å². The number of nitrogens with zero attached hydrogens (tertiary/aromatic N) is 1. The molecule has 3 rings (SSSR count). The number of amides is 2. The molecule has 2 aromatic carbocycles. The maximum atomic E-state index is 12.3. The van der Waals surface area contributed by atoms with Gasteiger partial charge in [0.05, 0.1) is 0 Å². The van der Waals surface area contributed by atoms with E-state index in [1.54, 1.807) is 0 Å². The normalized spacial score (nSPS) is 14.9. The summed E-state index contributed by atoms with van der Waals surface area (Å²) in [5.74, 6) is -0.0122. The van der Waals surface area contributed by atoms with Crippen LogP contribution in [0.3, 0.4) is 0 Å². The summed E-state index contributed by atoms with van der Waals surface area (Å²) >= 11 is 0. The summed E-state index contributed by atoms with van der Waals surface area (Å²) in [7, 11) is 0. The first-order valence-corrected chi connectivity index (χ1v) is 9.11. The molecule has 1 fully saturated rings. The molecular weight excluding hydrogens is 326 g/mol. The van der Waals surface area contributed by atoms with Crippen LogP contribution in [0.5, 0.6) is 0 Å². The van der Waals surface area contributed by atoms with Crippen LogP contribution in [0, 0.1) is 0 Å². The van der Waals surface area contributed by atoms with Crippen molar-refractivity contribution >= 4 is 17.5 Å². The van der Waals surface area contributed by atoms with Crippen LogP contribution in [0.15, 0.2) is 54.6 Å². The lowest BCUT2D eigenvalue weighted by molar-refractivity contribution is -0.130. The Kier molecular flexibility index (Phi) is 6.02. The highest BCUT2D eigenvalue weighted by atomic mass is 16.2. The maximum absolute atomic E-state index is 12.3. The van der Waals surface area contributed by atoms with Crippen LogP contribution in [-0.2, 0) is 16.0 Å². The molecule has 5 nitrogen and oxygen atoms in total. The van der Waals surface area contributed by atoms with E-state index >= 15 is 0 Å². The highest BCUT2D eigenvalue weighted by molar-refractivity contribution is 5.95. The SMILES string of the molecule is NC(C(=O)Nc1ccc(CCC(=O)N2CCCC2)cc1)c1ccccc1. The van der Waals surface area contributed by atoms with Gasteiger partial charge in [-0.1, -0.05) is 42.5 Å². The second kappa shape index (κ2) is 8.63. The van der Waals surface area contributed by atoms with Crippen LogP contribution in [0.25, 0.3) is 0 Å². The van der Waals surface area contributed by atoms with Gasteiger partial charge < -0.3 is 16.0 Å². The highest BCUT2D eigenvalue weighted by Gasteiger charge is 2.18. The molecular formula is C21H25N3O2. The van der Waals surface area contributed by atoms with Crippen molar-refractivity contribution in [3.63, 3.8) is 0 Å². The smallest absolute Gasteiger partial charge is 0.245 e. The van der Waals surface area contributed by atoms with E-state index in [1.807, 2.05) is 59.5 Å². The number of benzene rings is 2. The maximum Gasteiger partial charge on any atom is 0.245 e. The number of carbonyl (C=O) groups is 2. The molecule has 2 aromatic rings. The van der Waals surface area contributed by atoms with Gasteiger partial charge in [-0.2, -0.15) is 0 Å². The Morgan fingerprint density at radius 2 is 1.65 bits per heavy atom. The third-order valence-corrected chi connectivity index (χ3v) is 4.75. The Hall–Kier alpha value is -2.66. The number of hydrogen-bond donors (Lipinski definition) is 2. The average molecular weight is 351 g/mol. The Balaban J connectivity index is 1.51. The van der Waals surface area contributed by atoms with E-state index in [0.717, 1.165) is 37.1 Å². The Labute approximate surface area is 154 Å². The molecule has 0 aliphatic carbocycles. The second-order valence-corrected chi connectivity index (χ2v) is 6.66. The minimum absolute atomic E-state index is 0.230. The molecule has 0 radical (unpaired) electrons. The first kappa shape index (κ1) is 18.1. The minimum atomic E-state index is -0.700. The molecule has 1 heterocycles. The van der Waals surface area contributed by atoms with Crippen molar-refractivity contribution in [2.24, 2.45) is 5.73 Å². The van der Waals surface area contributed by atoms with E-state index in [1.165, 1.54) is 0 Å². The van der Waals surface area contributed by atoms with Gasteiger partial charge in [0.1, 0.15) is 6.04 Å². The van der Waals surface area contributed by atoms with Crippen molar-refractivity contribution in [1.29, 1.82) is 0 Å². The zero-order valence-electron chi connectivity index (χ0n) is 14.9. The lowest BCUT2D eigenvalue weighted by Crippen LogP contribution is -2.28. The molecule has 0 aromatic heterocycles. The van der Waals surface area contributed by atoms with Gasteiger partial charge in [-0.05, 0) is 42.5 Å². The van der Waals surface area contributed by atoms with Gasteiger partial charge in [-0.15, -0.1) is 0 Å². The fourth-order valence-corrected chi connectivity index (χ4v) is 3.16. The van der Waals surface area contributed by atoms with Crippen LogP contribution < -0.4 is 11.1 Å². The molecule has 1 unspecified atom stereocenters. The number of hydrogen-bond acceptors (Lipinski definition) is 3. The third-order valence-electron chi connectivity index (χ3n) is 4.75. The molecule has 1 atom stereocenters. The Morgan fingerprint density at radius 3 is 2.31 bits per heavy atom. The highest BCUT2D eigenvalue weighted by Crippen LogP contribution is 2.16. The van der Waals surface area contributed by atoms with Crippen LogP contribution in [0.1, 0.15) is 36.4 Å². The quantitative estimate of drug-likeness (QED) is 0.840. The average Bonchev–Trinajstić information content (AvgIpc) is 3.22. The summed E-state index contributed by atoms with van der Waals surface area (Å²) in [6.07, 6.45) is 3.48. The van der Waals surface area contributed by atoms with E-state index < -0.39 is 6.04 Å². The topological polar surface area (TPSA) is 75.4 Å². The number of likely N-dealkylation sites (tertiary alicyclic amines) is 1. The van der Waals surface area contributed by atoms with Crippen LogP contribution in [-0.4, -0.2) is 29.8 Å². The third kappa shape index (κ3) is 4.70. The summed E-state index contributed by atoms with van der Waals surface area (Å²) < 4.78 is 0. The van der Waals surface area contributed by atoms with Crippen molar-refractivity contribution < 1.29 is 9.59 Å². The van der Waals surface area contributed by atoms with Crippen LogP contribution in [0.4, 0.5) is 5.69 Å². The Bertz CT molecular complexity index is 738. The fraction of sp³-hybridized carbons (Fsp3) is 0.333. The summed E-state index contributed by atoms with van der Waals surface area (Å²) in [4.78, 5) is 26.3. The molecule has 5 heteroatoms. The summed E-state index contributed by atoms with van der Waals surface area (Å²) in [6.45, 7) is 1.79. The van der Waals surface area contributed by atoms with Crippen LogP contribution in [0.2, 0.25) is 0 Å². The van der Waals surface area contributed by atoms with E-state index in [-0.39, 0.29) is 11.8 Å². The minimum Gasteiger partial charge on any atom is -0.343 e. The van der Waals surface area contributed by atoms with Gasteiger partial charge >= 0.3 is 0 Å². The first-order valence-electron chi connectivity index (χ1n) is 9.11. The number of anilines is 1. The number of aryl methyl sites for hydroxylation is 1. The zero-order valence-corrected chi connectivity index (χ0v) is 14.9. The summed E-state index contributed by atoms with van der Waals surface area (Å²) in [6, 6.07) is 16.2. The van der Waals surface area contributed by atoms with Crippen molar-refractivity contribution in [3.05, 3.63) is 65.7 Å². The molecule has 0 bridgehead atoms. The molecule has 1 aliphatic rings. The molecule has 1 aliphatic heterocycles. The molecule has 136 valence electrons. The van der Waals surface area contributed by atoms with E-state index in [0.29, 0.717) is 18.5 Å². The van der Waals surface area contributed by atoms with Gasteiger partial charge in [-0.25, -0.2) is 0 Å². The molecule has 1 saturated heterocycles. The zero-order chi connectivity index (χ0) is 18.4. The van der Waals surface area contributed by atoms with Gasteiger partial charge in [0, 0.05) is 25.2 Å². The van der Waals surface area contributed by atoms with Crippen LogP contribution >= 0.6 is 0 Å². The number of nitrogens with one attached hydrogen (secondary N) is 1. The number of rotatable bonds is 6. The second-order valence-electron chi connectivity index (χ2n) is 6.66. The van der Waals surface area contributed by atoms with Crippen molar-refractivity contribution in [3.8, 4) is 0 Å². The molecule has 26 heavy (non-hydrogen) atoms. The predicted molar refractivity (Wildman–Crippen MR) is 103 cm³/mol. The predicted octanol–water partition coefficient (Wildman–Crippen LogP) is 2.88. The largest absolute Gasteiger partial charge is 0.343 e. The standard InChI is InChI=1S/C21H25N3O2/c22-20(17-6-2-1-3-7-17)21(26)23-18-11-8-16(9-12-18)10-13-19(25)24-14-4-5-15-24/h1-3,6-9,11-12,20H,4-5,10,13-15,22H2,(H,23,26). The fourth-order valence-electron chi connectivity index (χ4n) is 3.16. The monoisotopic (exact) mass is 351 g/mol. The van der Waals surface area contributed by atoms with E-state index in [9.17, 15) is 9.59 Å². The Morgan fingerprint density at radius 1 is 1.00 bits per heavy atom. The number of carbonyl (C=O) groups excluding carboxylic acids is 2. The lowest BCUT2D eigenvalue weighted by atomic mass is 10.1. The summed E-state index contributed by atoms with van der Waals surface area (Å²) in [5, 5.41) is 2.84. The molecule has 3 N–H and O–H groups in total. The van der Waals surface area contributed by atoms with Crippen molar-refractivity contribution in [2.45, 2.75) is 31.7 Å². The first-order chi connectivity index (χ1) is 12.6. The molecule has 0 saturated carbocycles. The van der Waals surface area contributed by atoms with Gasteiger partial charge in [0.25, 0.3) is 0 Å². The lowest BCUT2D eigenvalue weighted by Gasteiger charge is -2.15. The molecule has 2 amide bonds. The van der Waals surface area contributed by atoms with Gasteiger partial charge in [0.2, 0.25) is 11.8 Å². The molecule has 0 spiro atoms.